The number of hydrogen-bond donors (Lipinski definition) is 0. The molecule has 1 heteroatoms. The van der Waals surface area contributed by atoms with Crippen LogP contribution in [0.25, 0.3) is 65.3 Å². The topological polar surface area (TPSA) is 3.24 Å². The van der Waals surface area contributed by atoms with E-state index in [-0.39, 0.29) is 29.9 Å². The number of para-hydroxylation sites is 1. The molecule has 1 nitrogen and oxygen atoms in total. The maximum absolute atomic E-state index is 9.09. The zero-order chi connectivity index (χ0) is 35.5. The normalized spacial score (nSPS) is 12.9. The lowest BCUT2D eigenvalue weighted by atomic mass is 9.85. The van der Waals surface area contributed by atoms with E-state index in [4.69, 9.17) is 6.85 Å². The highest BCUT2D eigenvalue weighted by Gasteiger charge is 2.20. The average molecular weight is 603 g/mol. The molecule has 0 N–H and O–H groups in total. The summed E-state index contributed by atoms with van der Waals surface area (Å²) in [6.45, 7) is 0. The summed E-state index contributed by atoms with van der Waals surface area (Å²) in [6, 6.07) is 52.3. The van der Waals surface area contributed by atoms with Gasteiger partial charge in [0.05, 0.1) is 12.5 Å². The zero-order valence-electron chi connectivity index (χ0n) is 30.5. The SMILES string of the molecule is [2H]c1c([2H])c([2H])c(N(c2ccc(-c3c(-c4ccccc4)c4ccccc4c4ccccc34)cc2)c2cc3ccccc3c3ccccc23)c([2H])c1[2H]. The second-order valence-corrected chi connectivity index (χ2v) is 11.7. The summed E-state index contributed by atoms with van der Waals surface area (Å²) < 4.78 is 43.7. The van der Waals surface area contributed by atoms with Gasteiger partial charge in [-0.1, -0.05) is 158 Å². The molecule has 47 heavy (non-hydrogen) atoms. The van der Waals surface area contributed by atoms with E-state index in [0.717, 1.165) is 60.3 Å². The van der Waals surface area contributed by atoms with Gasteiger partial charge < -0.3 is 4.90 Å². The lowest BCUT2D eigenvalue weighted by Crippen LogP contribution is -2.10. The van der Waals surface area contributed by atoms with Crippen LogP contribution in [0.15, 0.2) is 188 Å². The Bertz CT molecular complexity index is 2820. The van der Waals surface area contributed by atoms with Crippen molar-refractivity contribution in [2.75, 3.05) is 4.90 Å². The van der Waals surface area contributed by atoms with Gasteiger partial charge >= 0.3 is 0 Å². The number of rotatable bonds is 5. The summed E-state index contributed by atoms with van der Waals surface area (Å²) in [5.74, 6) is 0. The van der Waals surface area contributed by atoms with E-state index in [1.807, 2.05) is 59.5 Å². The van der Waals surface area contributed by atoms with Gasteiger partial charge in [-0.05, 0) is 90.2 Å². The minimum absolute atomic E-state index is 0.0975. The highest BCUT2D eigenvalue weighted by atomic mass is 15.1. The van der Waals surface area contributed by atoms with Crippen LogP contribution >= 0.6 is 0 Å². The van der Waals surface area contributed by atoms with E-state index >= 15 is 0 Å². The van der Waals surface area contributed by atoms with E-state index in [1.165, 1.54) is 10.8 Å². The van der Waals surface area contributed by atoms with Crippen LogP contribution in [0.2, 0.25) is 0 Å². The van der Waals surface area contributed by atoms with Crippen LogP contribution in [0, 0.1) is 0 Å². The maximum Gasteiger partial charge on any atom is 0.0645 e. The third-order valence-corrected chi connectivity index (χ3v) is 9.11. The van der Waals surface area contributed by atoms with Crippen molar-refractivity contribution in [1.82, 2.24) is 0 Å². The molecule has 0 saturated heterocycles. The minimum atomic E-state index is -0.422. The Kier molecular flexibility index (Phi) is 5.38. The molecule has 0 radical (unpaired) electrons. The number of hydrogen-bond acceptors (Lipinski definition) is 1. The van der Waals surface area contributed by atoms with Crippen molar-refractivity contribution in [3.63, 3.8) is 0 Å². The summed E-state index contributed by atoms with van der Waals surface area (Å²) in [4.78, 5) is 1.83. The number of nitrogens with zero attached hydrogens (tertiary/aromatic N) is 1. The van der Waals surface area contributed by atoms with Crippen LogP contribution in [-0.4, -0.2) is 0 Å². The Morgan fingerprint density at radius 3 is 1.45 bits per heavy atom. The summed E-state index contributed by atoms with van der Waals surface area (Å²) >= 11 is 0. The Hall–Kier alpha value is -6.18. The van der Waals surface area contributed by atoms with Crippen LogP contribution in [0.3, 0.4) is 0 Å². The molecule has 0 aliphatic heterocycles. The molecule has 0 aliphatic carbocycles. The van der Waals surface area contributed by atoms with Gasteiger partial charge in [0.25, 0.3) is 0 Å². The molecule has 0 aromatic heterocycles. The molecule has 0 amide bonds. The third-order valence-electron chi connectivity index (χ3n) is 9.11. The van der Waals surface area contributed by atoms with Crippen LogP contribution in [0.5, 0.6) is 0 Å². The third kappa shape index (κ3) is 4.56. The molecule has 9 aromatic rings. The first-order valence-corrected chi connectivity index (χ1v) is 15.8. The molecule has 0 fully saturated rings. The highest BCUT2D eigenvalue weighted by molar-refractivity contribution is 6.21. The van der Waals surface area contributed by atoms with Gasteiger partial charge in [-0.3, -0.25) is 0 Å². The van der Waals surface area contributed by atoms with Gasteiger partial charge in [0.2, 0.25) is 0 Å². The Labute approximate surface area is 281 Å². The fraction of sp³-hybridized carbons (Fsp3) is 0. The maximum atomic E-state index is 9.09. The van der Waals surface area contributed by atoms with Crippen molar-refractivity contribution in [3.8, 4) is 22.3 Å². The summed E-state index contributed by atoms with van der Waals surface area (Å²) in [5, 5.41) is 8.64. The lowest BCUT2D eigenvalue weighted by molar-refractivity contribution is 1.30. The Morgan fingerprint density at radius 1 is 0.362 bits per heavy atom. The fourth-order valence-electron chi connectivity index (χ4n) is 7.09. The van der Waals surface area contributed by atoms with Crippen molar-refractivity contribution in [2.45, 2.75) is 0 Å². The van der Waals surface area contributed by atoms with E-state index in [0.29, 0.717) is 5.69 Å². The van der Waals surface area contributed by atoms with E-state index in [2.05, 4.69) is 103 Å². The van der Waals surface area contributed by atoms with E-state index in [1.54, 1.807) is 0 Å². The molecule has 9 rings (SSSR count). The molecule has 0 spiro atoms. The lowest BCUT2D eigenvalue weighted by Gasteiger charge is -2.28. The predicted octanol–water partition coefficient (Wildman–Crippen LogP) is 13.1. The second kappa shape index (κ2) is 11.3. The van der Waals surface area contributed by atoms with Crippen molar-refractivity contribution in [2.24, 2.45) is 0 Å². The fourth-order valence-corrected chi connectivity index (χ4v) is 7.09. The molecule has 0 atom stereocenters. The molecule has 0 saturated carbocycles. The Balaban J connectivity index is 1.34. The molecule has 0 unspecified atom stereocenters. The smallest absolute Gasteiger partial charge is 0.0645 e. The number of benzene rings is 9. The van der Waals surface area contributed by atoms with Crippen molar-refractivity contribution in [3.05, 3.63) is 188 Å². The first-order valence-electron chi connectivity index (χ1n) is 18.3. The van der Waals surface area contributed by atoms with E-state index < -0.39 is 6.04 Å². The van der Waals surface area contributed by atoms with Crippen molar-refractivity contribution in [1.29, 1.82) is 0 Å². The van der Waals surface area contributed by atoms with Gasteiger partial charge in [0.15, 0.2) is 0 Å². The number of fused-ring (bicyclic) bond motifs is 6. The van der Waals surface area contributed by atoms with Crippen molar-refractivity contribution >= 4 is 60.2 Å². The molecule has 0 bridgehead atoms. The zero-order valence-corrected chi connectivity index (χ0v) is 25.5. The predicted molar refractivity (Wildman–Crippen MR) is 202 cm³/mol. The van der Waals surface area contributed by atoms with Crippen LogP contribution in [-0.2, 0) is 0 Å². The molecule has 220 valence electrons. The van der Waals surface area contributed by atoms with Gasteiger partial charge in [-0.2, -0.15) is 0 Å². The van der Waals surface area contributed by atoms with E-state index in [9.17, 15) is 0 Å². The van der Waals surface area contributed by atoms with Gasteiger partial charge in [0, 0.05) is 16.8 Å². The molecule has 0 aliphatic rings. The Morgan fingerprint density at radius 2 is 0.830 bits per heavy atom. The first kappa shape index (κ1) is 22.3. The molecule has 0 heterocycles. The van der Waals surface area contributed by atoms with Gasteiger partial charge in [-0.15, -0.1) is 0 Å². The quantitative estimate of drug-likeness (QED) is 0.177. The second-order valence-electron chi connectivity index (χ2n) is 11.7. The summed E-state index contributed by atoms with van der Waals surface area (Å²) in [7, 11) is 0. The molecular weight excluding hydrogens is 567 g/mol. The average Bonchev–Trinajstić information content (AvgIpc) is 3.20. The molecular formula is C46H31N. The monoisotopic (exact) mass is 602 g/mol. The first-order chi connectivity index (χ1) is 25.4. The highest BCUT2D eigenvalue weighted by Crippen LogP contribution is 2.46. The summed E-state index contributed by atoms with van der Waals surface area (Å²) in [6.07, 6.45) is 0. The van der Waals surface area contributed by atoms with Crippen molar-refractivity contribution < 1.29 is 6.85 Å². The minimum Gasteiger partial charge on any atom is -0.310 e. The molecule has 9 aromatic carbocycles. The standard InChI is InChI=1S/C46H31N/c1-3-15-32(16-4-1)45-42-25-13-10-22-39(42)40-23-11-14-26-43(40)46(45)33-27-29-36(30-28-33)47(35-18-5-2-6-19-35)44-31-34-17-7-8-20-37(34)38-21-9-12-24-41(38)44/h1-31H/i2D,5D,6D,18D,19D. The van der Waals surface area contributed by atoms with Gasteiger partial charge in [-0.25, -0.2) is 0 Å². The number of anilines is 3. The van der Waals surface area contributed by atoms with Crippen LogP contribution in [0.4, 0.5) is 17.1 Å². The summed E-state index contributed by atoms with van der Waals surface area (Å²) in [5.41, 5.74) is 5.88. The largest absolute Gasteiger partial charge is 0.310 e. The van der Waals surface area contributed by atoms with Gasteiger partial charge in [0.1, 0.15) is 0 Å². The van der Waals surface area contributed by atoms with Crippen LogP contribution < -0.4 is 4.90 Å². The van der Waals surface area contributed by atoms with Crippen LogP contribution in [0.1, 0.15) is 6.85 Å².